The van der Waals surface area contributed by atoms with Crippen LogP contribution in [-0.2, 0) is 0 Å². The maximum atomic E-state index is 5.75. The van der Waals surface area contributed by atoms with E-state index >= 15 is 0 Å². The van der Waals surface area contributed by atoms with Gasteiger partial charge < -0.3 is 5.73 Å². The Labute approximate surface area is 124 Å². The maximum Gasteiger partial charge on any atom is 0.100 e. The first kappa shape index (κ1) is 15.3. The lowest BCUT2D eigenvalue weighted by Crippen LogP contribution is -1.92. The fourth-order valence-electron chi connectivity index (χ4n) is 2.01. The maximum absolute atomic E-state index is 5.75. The zero-order chi connectivity index (χ0) is 11.8. The number of fused-ring (bicyclic) bond motifs is 1. The summed E-state index contributed by atoms with van der Waals surface area (Å²) in [7, 11) is 0. The molecule has 0 saturated carbocycles. The summed E-state index contributed by atoms with van der Waals surface area (Å²) >= 11 is 0. The minimum atomic E-state index is 0. The van der Waals surface area contributed by atoms with E-state index in [-0.39, 0.29) is 24.8 Å². The zero-order valence-corrected chi connectivity index (χ0v) is 12.0. The molecule has 1 aromatic heterocycles. The van der Waals surface area contributed by atoms with Gasteiger partial charge in [-0.25, -0.2) is 4.98 Å². The van der Waals surface area contributed by atoms with Crippen LogP contribution in [0.1, 0.15) is 5.56 Å². The second kappa shape index (κ2) is 5.95. The molecule has 0 spiro atoms. The Morgan fingerprint density at radius 1 is 1.05 bits per heavy atom. The minimum absolute atomic E-state index is 0. The number of anilines is 1. The summed E-state index contributed by atoms with van der Waals surface area (Å²) in [5.41, 5.74) is 10.8. The van der Waals surface area contributed by atoms with E-state index < -0.39 is 0 Å². The summed E-state index contributed by atoms with van der Waals surface area (Å²) in [6, 6.07) is 14.1. The third kappa shape index (κ3) is 2.83. The molecule has 0 saturated heterocycles. The first-order chi connectivity index (χ1) is 8.24. The van der Waals surface area contributed by atoms with Crippen LogP contribution in [0.3, 0.4) is 0 Å². The molecule has 3 rings (SSSR count). The zero-order valence-electron chi connectivity index (χ0n) is 10.4. The van der Waals surface area contributed by atoms with Crippen molar-refractivity contribution in [3.8, 4) is 5.69 Å². The van der Waals surface area contributed by atoms with E-state index in [0.717, 1.165) is 22.4 Å². The number of nitrogen functional groups attached to an aromatic ring is 1. The Morgan fingerprint density at radius 3 is 2.58 bits per heavy atom. The standard InChI is InChI=1S/C14H13N3.2ClH/c1-10-3-2-4-12(7-10)17-9-16-13-8-11(15)5-6-14(13)17;;/h2-9H,15H2,1H3;2*1H. The van der Waals surface area contributed by atoms with Crippen molar-refractivity contribution >= 4 is 41.5 Å². The number of halogens is 2. The van der Waals surface area contributed by atoms with E-state index in [1.54, 1.807) is 0 Å². The lowest BCUT2D eigenvalue weighted by molar-refractivity contribution is 1.09. The average Bonchev–Trinajstić information content (AvgIpc) is 2.71. The molecular weight excluding hydrogens is 281 g/mol. The number of nitrogens with zero attached hydrogens (tertiary/aromatic N) is 2. The van der Waals surface area contributed by atoms with E-state index in [9.17, 15) is 0 Å². The SMILES string of the molecule is Cc1cccc(-n2cnc3cc(N)ccc32)c1.Cl.Cl. The lowest BCUT2D eigenvalue weighted by atomic mass is 10.2. The number of hydrogen-bond donors (Lipinski definition) is 1. The van der Waals surface area contributed by atoms with Crippen LogP contribution in [0.4, 0.5) is 5.69 Å². The van der Waals surface area contributed by atoms with E-state index in [0.29, 0.717) is 0 Å². The molecule has 19 heavy (non-hydrogen) atoms. The number of aryl methyl sites for hydroxylation is 1. The third-order valence-corrected chi connectivity index (χ3v) is 2.85. The quantitative estimate of drug-likeness (QED) is 0.695. The molecule has 0 fully saturated rings. The Balaban J connectivity index is 0.000000902. The first-order valence-electron chi connectivity index (χ1n) is 5.54. The highest BCUT2D eigenvalue weighted by Crippen LogP contribution is 2.20. The second-order valence-electron chi connectivity index (χ2n) is 4.20. The number of rotatable bonds is 1. The topological polar surface area (TPSA) is 43.8 Å². The molecule has 0 bridgehead atoms. The fraction of sp³-hybridized carbons (Fsp3) is 0.0714. The molecule has 0 aliphatic carbocycles. The van der Waals surface area contributed by atoms with E-state index in [4.69, 9.17) is 5.73 Å². The van der Waals surface area contributed by atoms with Gasteiger partial charge in [0.25, 0.3) is 0 Å². The molecular formula is C14H15Cl2N3. The predicted molar refractivity (Wildman–Crippen MR) is 84.7 cm³/mol. The second-order valence-corrected chi connectivity index (χ2v) is 4.20. The molecule has 0 atom stereocenters. The smallest absolute Gasteiger partial charge is 0.100 e. The van der Waals surface area contributed by atoms with Crippen molar-refractivity contribution in [2.24, 2.45) is 0 Å². The largest absolute Gasteiger partial charge is 0.399 e. The van der Waals surface area contributed by atoms with Crippen LogP contribution in [0.15, 0.2) is 48.8 Å². The van der Waals surface area contributed by atoms with Crippen molar-refractivity contribution in [1.82, 2.24) is 9.55 Å². The molecule has 3 nitrogen and oxygen atoms in total. The van der Waals surface area contributed by atoms with Gasteiger partial charge in [-0.15, -0.1) is 24.8 Å². The molecule has 1 heterocycles. The number of aromatic nitrogens is 2. The molecule has 100 valence electrons. The number of nitrogens with two attached hydrogens (primary N) is 1. The van der Waals surface area contributed by atoms with Crippen molar-refractivity contribution in [3.63, 3.8) is 0 Å². The number of imidazole rings is 1. The van der Waals surface area contributed by atoms with Crippen LogP contribution in [-0.4, -0.2) is 9.55 Å². The summed E-state index contributed by atoms with van der Waals surface area (Å²) in [4.78, 5) is 4.37. The fourth-order valence-corrected chi connectivity index (χ4v) is 2.01. The van der Waals surface area contributed by atoms with Crippen LogP contribution in [0.2, 0.25) is 0 Å². The van der Waals surface area contributed by atoms with Gasteiger partial charge in [0.1, 0.15) is 6.33 Å². The van der Waals surface area contributed by atoms with Gasteiger partial charge in [0.05, 0.1) is 11.0 Å². The first-order valence-corrected chi connectivity index (χ1v) is 5.54. The molecule has 0 aliphatic heterocycles. The van der Waals surface area contributed by atoms with Gasteiger partial charge in [0.2, 0.25) is 0 Å². The lowest BCUT2D eigenvalue weighted by Gasteiger charge is -2.05. The van der Waals surface area contributed by atoms with Crippen LogP contribution in [0.5, 0.6) is 0 Å². The summed E-state index contributed by atoms with van der Waals surface area (Å²) in [6.45, 7) is 2.08. The number of benzene rings is 2. The molecule has 2 aromatic carbocycles. The Morgan fingerprint density at radius 2 is 1.84 bits per heavy atom. The summed E-state index contributed by atoms with van der Waals surface area (Å²) < 4.78 is 2.07. The van der Waals surface area contributed by atoms with Gasteiger partial charge in [-0.3, -0.25) is 4.57 Å². The molecule has 0 unspecified atom stereocenters. The highest BCUT2D eigenvalue weighted by molar-refractivity contribution is 5.85. The van der Waals surface area contributed by atoms with Crippen LogP contribution in [0.25, 0.3) is 16.7 Å². The molecule has 3 aromatic rings. The number of hydrogen-bond acceptors (Lipinski definition) is 2. The Hall–Kier alpha value is -1.71. The molecule has 0 radical (unpaired) electrons. The van der Waals surface area contributed by atoms with Gasteiger partial charge in [-0.1, -0.05) is 12.1 Å². The van der Waals surface area contributed by atoms with Crippen molar-refractivity contribution in [2.75, 3.05) is 5.73 Å². The van der Waals surface area contributed by atoms with Gasteiger partial charge in [0, 0.05) is 11.4 Å². The molecule has 0 amide bonds. The van der Waals surface area contributed by atoms with E-state index in [1.807, 2.05) is 30.6 Å². The van der Waals surface area contributed by atoms with E-state index in [1.165, 1.54) is 5.56 Å². The van der Waals surface area contributed by atoms with E-state index in [2.05, 4.69) is 34.7 Å². The van der Waals surface area contributed by atoms with Crippen LogP contribution >= 0.6 is 24.8 Å². The van der Waals surface area contributed by atoms with Gasteiger partial charge in [-0.05, 0) is 42.8 Å². The average molecular weight is 296 g/mol. The minimum Gasteiger partial charge on any atom is -0.399 e. The summed E-state index contributed by atoms with van der Waals surface area (Å²) in [5.74, 6) is 0. The highest BCUT2D eigenvalue weighted by atomic mass is 35.5. The Bertz CT molecular complexity index is 692. The third-order valence-electron chi connectivity index (χ3n) is 2.85. The van der Waals surface area contributed by atoms with Crippen molar-refractivity contribution in [3.05, 3.63) is 54.4 Å². The van der Waals surface area contributed by atoms with Crippen LogP contribution in [0, 0.1) is 6.92 Å². The monoisotopic (exact) mass is 295 g/mol. The normalized spacial score (nSPS) is 9.74. The summed E-state index contributed by atoms with van der Waals surface area (Å²) in [6.07, 6.45) is 1.83. The summed E-state index contributed by atoms with van der Waals surface area (Å²) in [5, 5.41) is 0. The van der Waals surface area contributed by atoms with Gasteiger partial charge in [0.15, 0.2) is 0 Å². The van der Waals surface area contributed by atoms with Crippen LogP contribution < -0.4 is 5.73 Å². The molecule has 0 aliphatic rings. The van der Waals surface area contributed by atoms with Gasteiger partial charge in [-0.2, -0.15) is 0 Å². The van der Waals surface area contributed by atoms with Gasteiger partial charge >= 0.3 is 0 Å². The van der Waals surface area contributed by atoms with Crippen molar-refractivity contribution in [1.29, 1.82) is 0 Å². The Kier molecular flexibility index (Phi) is 4.81. The highest BCUT2D eigenvalue weighted by Gasteiger charge is 2.04. The molecule has 2 N–H and O–H groups in total. The van der Waals surface area contributed by atoms with Crippen molar-refractivity contribution < 1.29 is 0 Å². The molecule has 5 heteroatoms. The predicted octanol–water partition coefficient (Wildman–Crippen LogP) is 3.76. The van der Waals surface area contributed by atoms with Crippen molar-refractivity contribution in [2.45, 2.75) is 6.92 Å².